The van der Waals surface area contributed by atoms with Gasteiger partial charge in [-0.25, -0.2) is 19.9 Å². The van der Waals surface area contributed by atoms with Crippen molar-refractivity contribution in [2.75, 3.05) is 18.6 Å². The van der Waals surface area contributed by atoms with E-state index in [1.807, 2.05) is 0 Å². The van der Waals surface area contributed by atoms with Gasteiger partial charge >= 0.3 is 12.1 Å². The Morgan fingerprint density at radius 3 is 2.62 bits per heavy atom. The number of rotatable bonds is 5. The lowest BCUT2D eigenvalue weighted by Gasteiger charge is -2.19. The van der Waals surface area contributed by atoms with Gasteiger partial charge in [0.05, 0.1) is 18.5 Å². The average molecular weight is 330 g/mol. The Bertz CT molecular complexity index is 687. The Morgan fingerprint density at radius 2 is 2.04 bits per heavy atom. The Morgan fingerprint density at radius 1 is 1.38 bits per heavy atom. The maximum atomic E-state index is 12.8. The molecule has 0 aromatic heterocycles. The molecule has 1 aliphatic rings. The van der Waals surface area contributed by atoms with Gasteiger partial charge < -0.3 is 9.64 Å². The van der Waals surface area contributed by atoms with Crippen molar-refractivity contribution >= 4 is 29.4 Å². The molecule has 0 spiro atoms. The van der Waals surface area contributed by atoms with E-state index in [2.05, 4.69) is 21.8 Å². The topological polar surface area (TPSA) is 91.3 Å². The Hall–Kier alpha value is -3.16. The van der Waals surface area contributed by atoms with Crippen molar-refractivity contribution in [1.29, 1.82) is 0 Å². The number of hydrogen-bond donors (Lipinski definition) is 1. The van der Waals surface area contributed by atoms with Crippen LogP contribution in [0.15, 0.2) is 48.1 Å². The van der Waals surface area contributed by atoms with Crippen LogP contribution in [0.2, 0.25) is 0 Å². The summed E-state index contributed by atoms with van der Waals surface area (Å²) in [6.45, 7) is 5.33. The first-order valence-electron chi connectivity index (χ1n) is 7.20. The van der Waals surface area contributed by atoms with E-state index < -0.39 is 24.1 Å². The Labute approximate surface area is 139 Å². The normalized spacial score (nSPS) is 17.9. The summed E-state index contributed by atoms with van der Waals surface area (Å²) in [5.74, 6) is -0.444. The molecule has 1 unspecified atom stereocenters. The lowest BCUT2D eigenvalue weighted by Crippen LogP contribution is -2.41. The largest absolute Gasteiger partial charge is 0.452 e. The van der Waals surface area contributed by atoms with Crippen LogP contribution in [-0.2, 0) is 9.53 Å². The summed E-state index contributed by atoms with van der Waals surface area (Å²) in [7, 11) is 1.20. The molecular weight excluding hydrogens is 312 g/mol. The van der Waals surface area contributed by atoms with E-state index in [1.54, 1.807) is 37.3 Å². The second-order valence-electron chi connectivity index (χ2n) is 4.99. The van der Waals surface area contributed by atoms with E-state index >= 15 is 0 Å². The molecule has 0 saturated carbocycles. The summed E-state index contributed by atoms with van der Waals surface area (Å²) >= 11 is 0. The molecule has 0 radical (unpaired) electrons. The third-order valence-electron chi connectivity index (χ3n) is 3.45. The number of carbonyl (C=O) groups excluding carboxylic acids is 3. The number of anilines is 1. The summed E-state index contributed by atoms with van der Waals surface area (Å²) in [6, 6.07) is 7.21. The van der Waals surface area contributed by atoms with Crippen LogP contribution in [0.25, 0.3) is 0 Å². The first-order valence-corrected chi connectivity index (χ1v) is 7.20. The molecule has 24 heavy (non-hydrogen) atoms. The van der Waals surface area contributed by atoms with Gasteiger partial charge in [-0.2, -0.15) is 5.10 Å². The number of amides is 4. The van der Waals surface area contributed by atoms with Crippen molar-refractivity contribution in [1.82, 2.24) is 10.3 Å². The lowest BCUT2D eigenvalue weighted by molar-refractivity contribution is -0.118. The summed E-state index contributed by atoms with van der Waals surface area (Å²) in [5.41, 5.74) is 2.89. The molecule has 1 aliphatic heterocycles. The third-order valence-corrected chi connectivity index (χ3v) is 3.45. The minimum atomic E-state index is -0.923. The highest BCUT2D eigenvalue weighted by Gasteiger charge is 2.46. The molecule has 0 bridgehead atoms. The molecule has 1 heterocycles. The Balaban J connectivity index is 2.35. The van der Waals surface area contributed by atoms with E-state index in [9.17, 15) is 14.4 Å². The molecule has 2 rings (SSSR count). The number of hydrazone groups is 1. The van der Waals surface area contributed by atoms with Crippen molar-refractivity contribution in [3.8, 4) is 0 Å². The number of ether oxygens (including phenoxy) is 1. The molecule has 1 atom stereocenters. The quantitative estimate of drug-likeness (QED) is 0.385. The number of urea groups is 1. The number of benzene rings is 1. The molecule has 1 aromatic rings. The Kier molecular flexibility index (Phi) is 5.31. The van der Waals surface area contributed by atoms with Gasteiger partial charge in [-0.15, -0.1) is 6.58 Å². The summed E-state index contributed by atoms with van der Waals surface area (Å²) < 4.78 is 4.43. The van der Waals surface area contributed by atoms with Crippen LogP contribution in [0.5, 0.6) is 0 Å². The van der Waals surface area contributed by atoms with E-state index in [-0.39, 0.29) is 12.3 Å². The fourth-order valence-corrected chi connectivity index (χ4v) is 2.37. The lowest BCUT2D eigenvalue weighted by atomic mass is 10.1. The van der Waals surface area contributed by atoms with Gasteiger partial charge in [-0.05, 0) is 19.1 Å². The van der Waals surface area contributed by atoms with Crippen LogP contribution in [0.1, 0.15) is 6.92 Å². The molecule has 1 saturated heterocycles. The highest BCUT2D eigenvalue weighted by Crippen LogP contribution is 2.25. The maximum absolute atomic E-state index is 12.8. The van der Waals surface area contributed by atoms with Gasteiger partial charge in [-0.1, -0.05) is 24.3 Å². The van der Waals surface area contributed by atoms with E-state index in [1.165, 1.54) is 18.1 Å². The number of carbonyl (C=O) groups is 3. The minimum Gasteiger partial charge on any atom is -0.452 e. The van der Waals surface area contributed by atoms with Crippen molar-refractivity contribution in [3.63, 3.8) is 0 Å². The van der Waals surface area contributed by atoms with Gasteiger partial charge in [-0.3, -0.25) is 4.79 Å². The summed E-state index contributed by atoms with van der Waals surface area (Å²) in [5, 5.41) is 3.84. The zero-order valence-corrected chi connectivity index (χ0v) is 13.4. The van der Waals surface area contributed by atoms with Crippen molar-refractivity contribution in [2.24, 2.45) is 5.10 Å². The number of imide groups is 1. The minimum absolute atomic E-state index is 0.170. The van der Waals surface area contributed by atoms with Crippen molar-refractivity contribution in [3.05, 3.63) is 43.0 Å². The van der Waals surface area contributed by atoms with E-state index in [0.717, 1.165) is 4.90 Å². The predicted octanol–water partition coefficient (Wildman–Crippen LogP) is 1.74. The second-order valence-corrected chi connectivity index (χ2v) is 4.99. The van der Waals surface area contributed by atoms with Crippen LogP contribution in [-0.4, -0.2) is 48.3 Å². The molecule has 1 fully saturated rings. The van der Waals surface area contributed by atoms with Crippen LogP contribution in [0.4, 0.5) is 15.3 Å². The molecule has 126 valence electrons. The molecular formula is C16H18N4O4. The first-order chi connectivity index (χ1) is 11.5. The molecule has 1 aromatic carbocycles. The van der Waals surface area contributed by atoms with Gasteiger partial charge in [0.2, 0.25) is 0 Å². The van der Waals surface area contributed by atoms with Gasteiger partial charge in [0.15, 0.2) is 6.04 Å². The standard InChI is InChI=1S/C16H18N4O4/c1-4-10-19-13(11(2)17-18-15(22)24-3)14(21)20(16(19)23)12-8-6-5-7-9-12/h4-9,13H,1,10H2,2-3H3,(H,18,22). The number of nitrogens with one attached hydrogen (secondary N) is 1. The van der Waals surface area contributed by atoms with Crippen LogP contribution < -0.4 is 10.3 Å². The number of hydrogen-bond acceptors (Lipinski definition) is 5. The fourth-order valence-electron chi connectivity index (χ4n) is 2.37. The van der Waals surface area contributed by atoms with E-state index in [4.69, 9.17) is 0 Å². The molecule has 4 amide bonds. The number of para-hydroxylation sites is 1. The van der Waals surface area contributed by atoms with Gasteiger partial charge in [0, 0.05) is 6.54 Å². The molecule has 0 aliphatic carbocycles. The number of nitrogens with zero attached hydrogens (tertiary/aromatic N) is 3. The van der Waals surface area contributed by atoms with Crippen LogP contribution in [0.3, 0.4) is 0 Å². The highest BCUT2D eigenvalue weighted by atomic mass is 16.5. The monoisotopic (exact) mass is 330 g/mol. The van der Waals surface area contributed by atoms with E-state index in [0.29, 0.717) is 5.69 Å². The smallest absolute Gasteiger partial charge is 0.427 e. The first kappa shape index (κ1) is 17.2. The zero-order valence-electron chi connectivity index (χ0n) is 13.4. The average Bonchev–Trinajstić information content (AvgIpc) is 2.84. The predicted molar refractivity (Wildman–Crippen MR) is 88.7 cm³/mol. The fraction of sp³-hybridized carbons (Fsp3) is 0.250. The highest BCUT2D eigenvalue weighted by molar-refractivity contribution is 6.28. The van der Waals surface area contributed by atoms with Crippen LogP contribution >= 0.6 is 0 Å². The SMILES string of the molecule is C=CCN1C(=O)N(c2ccccc2)C(=O)C1C(C)=NNC(=O)OC. The van der Waals surface area contributed by atoms with Crippen molar-refractivity contribution < 1.29 is 19.1 Å². The van der Waals surface area contributed by atoms with Crippen molar-refractivity contribution in [2.45, 2.75) is 13.0 Å². The third kappa shape index (κ3) is 3.27. The zero-order chi connectivity index (χ0) is 17.7. The van der Waals surface area contributed by atoms with Gasteiger partial charge in [0.1, 0.15) is 0 Å². The molecule has 8 nitrogen and oxygen atoms in total. The summed E-state index contributed by atoms with van der Waals surface area (Å²) in [4.78, 5) is 39.0. The second kappa shape index (κ2) is 7.40. The molecule has 1 N–H and O–H groups in total. The maximum Gasteiger partial charge on any atom is 0.427 e. The van der Waals surface area contributed by atoms with Gasteiger partial charge in [0.25, 0.3) is 5.91 Å². The number of methoxy groups -OCH3 is 1. The summed E-state index contributed by atoms with van der Waals surface area (Å²) in [6.07, 6.45) is 0.759. The van der Waals surface area contributed by atoms with Crippen LogP contribution in [0, 0.1) is 0 Å². The molecule has 8 heteroatoms.